The number of carbonyl (C=O) groups excluding carboxylic acids is 1. The van der Waals surface area contributed by atoms with Crippen molar-refractivity contribution in [1.82, 2.24) is 4.98 Å². The Labute approximate surface area is 113 Å². The van der Waals surface area contributed by atoms with Crippen LogP contribution in [0.25, 0.3) is 0 Å². The predicted molar refractivity (Wildman–Crippen MR) is 73.3 cm³/mol. The van der Waals surface area contributed by atoms with Crippen molar-refractivity contribution in [2.75, 3.05) is 5.75 Å². The van der Waals surface area contributed by atoms with Crippen LogP contribution in [-0.4, -0.2) is 20.7 Å². The van der Waals surface area contributed by atoms with E-state index < -0.39 is 10.8 Å². The van der Waals surface area contributed by atoms with Crippen molar-refractivity contribution in [3.63, 3.8) is 0 Å². The third-order valence-corrected chi connectivity index (χ3v) is 4.05. The first-order chi connectivity index (χ1) is 8.66. The predicted octanol–water partition coefficient (Wildman–Crippen LogP) is 2.80. The van der Waals surface area contributed by atoms with Crippen molar-refractivity contribution in [2.45, 2.75) is 5.75 Å². The number of H-pyrrole nitrogens is 1. The van der Waals surface area contributed by atoms with Gasteiger partial charge in [0.25, 0.3) is 0 Å². The van der Waals surface area contributed by atoms with Crippen molar-refractivity contribution in [1.29, 1.82) is 0 Å². The maximum absolute atomic E-state index is 11.9. The molecule has 3 nitrogen and oxygen atoms in total. The minimum Gasteiger partial charge on any atom is -0.359 e. The first-order valence-electron chi connectivity index (χ1n) is 5.42. The zero-order valence-electron chi connectivity index (χ0n) is 9.56. The number of Topliss-reactive ketones (excluding diaryl/α,β-unsaturated/α-hetero) is 1. The van der Waals surface area contributed by atoms with Gasteiger partial charge in [0, 0.05) is 22.0 Å². The highest BCUT2D eigenvalue weighted by molar-refractivity contribution is 7.85. The van der Waals surface area contributed by atoms with Gasteiger partial charge in [-0.3, -0.25) is 9.00 Å². The van der Waals surface area contributed by atoms with E-state index in [0.717, 1.165) is 5.56 Å². The molecule has 2 aromatic rings. The van der Waals surface area contributed by atoms with Crippen molar-refractivity contribution < 1.29 is 9.00 Å². The molecular formula is C13H12ClNO2S. The molecule has 1 aromatic carbocycles. The molecule has 0 aliphatic heterocycles. The number of ketones is 1. The minimum absolute atomic E-state index is 0.00569. The molecule has 0 amide bonds. The Hall–Kier alpha value is -1.39. The van der Waals surface area contributed by atoms with Crippen LogP contribution in [0.15, 0.2) is 42.6 Å². The molecule has 5 heteroatoms. The van der Waals surface area contributed by atoms with Crippen molar-refractivity contribution >= 4 is 28.2 Å². The number of rotatable bonds is 5. The molecule has 18 heavy (non-hydrogen) atoms. The normalized spacial score (nSPS) is 12.3. The van der Waals surface area contributed by atoms with Gasteiger partial charge in [-0.1, -0.05) is 29.8 Å². The van der Waals surface area contributed by atoms with Crippen LogP contribution in [-0.2, 0) is 16.6 Å². The summed E-state index contributed by atoms with van der Waals surface area (Å²) in [4.78, 5) is 14.5. The smallest absolute Gasteiger partial charge is 0.191 e. The average Bonchev–Trinajstić information content (AvgIpc) is 2.85. The van der Waals surface area contributed by atoms with Crippen LogP contribution in [0.2, 0.25) is 5.02 Å². The second kappa shape index (κ2) is 5.98. The summed E-state index contributed by atoms with van der Waals surface area (Å²) >= 11 is 5.98. The van der Waals surface area contributed by atoms with E-state index in [1.54, 1.807) is 24.4 Å². The number of aromatic nitrogens is 1. The van der Waals surface area contributed by atoms with Crippen LogP contribution in [0, 0.1) is 0 Å². The Morgan fingerprint density at radius 3 is 2.67 bits per heavy atom. The Morgan fingerprint density at radius 2 is 2.00 bits per heavy atom. The molecule has 0 fully saturated rings. The van der Waals surface area contributed by atoms with Crippen molar-refractivity contribution in [2.24, 2.45) is 0 Å². The highest BCUT2D eigenvalue weighted by Gasteiger charge is 2.12. The molecule has 0 saturated carbocycles. The van der Waals surface area contributed by atoms with E-state index in [9.17, 15) is 9.00 Å². The number of hydrogen-bond donors (Lipinski definition) is 1. The second-order valence-corrected chi connectivity index (χ2v) is 5.69. The van der Waals surface area contributed by atoms with Crippen LogP contribution in [0.1, 0.15) is 16.1 Å². The minimum atomic E-state index is -1.25. The van der Waals surface area contributed by atoms with Gasteiger partial charge in [0.1, 0.15) is 0 Å². The van der Waals surface area contributed by atoms with Gasteiger partial charge in [0.15, 0.2) is 5.78 Å². The number of aromatic amines is 1. The fourth-order valence-electron chi connectivity index (χ4n) is 1.57. The van der Waals surface area contributed by atoms with Gasteiger partial charge in [0.2, 0.25) is 0 Å². The molecule has 0 aliphatic carbocycles. The van der Waals surface area contributed by atoms with Gasteiger partial charge in [-0.15, -0.1) is 0 Å². The van der Waals surface area contributed by atoms with Crippen molar-refractivity contribution in [3.05, 3.63) is 58.9 Å². The highest BCUT2D eigenvalue weighted by Crippen LogP contribution is 2.16. The standard InChI is InChI=1S/C13H12ClNO2S/c14-11-5-2-1-4-10(11)8-18(17)9-13(16)12-6-3-7-15-12/h1-7,15H,8-9H2/t18-/m0/s1. The Kier molecular flexibility index (Phi) is 4.33. The SMILES string of the molecule is O=C(C[S@@](=O)Cc1ccccc1Cl)c1ccc[nH]1. The number of carbonyl (C=O) groups is 1. The van der Waals surface area contributed by atoms with Gasteiger partial charge >= 0.3 is 0 Å². The fourth-order valence-corrected chi connectivity index (χ4v) is 3.00. The van der Waals surface area contributed by atoms with Gasteiger partial charge in [-0.05, 0) is 23.8 Å². The van der Waals surface area contributed by atoms with E-state index in [1.165, 1.54) is 0 Å². The summed E-state index contributed by atoms with van der Waals surface area (Å²) in [5, 5.41) is 0.582. The lowest BCUT2D eigenvalue weighted by molar-refractivity contribution is 0.101. The molecule has 2 rings (SSSR count). The zero-order valence-corrected chi connectivity index (χ0v) is 11.1. The topological polar surface area (TPSA) is 49.9 Å². The third kappa shape index (κ3) is 3.31. The number of nitrogens with one attached hydrogen (secondary N) is 1. The zero-order chi connectivity index (χ0) is 13.0. The maximum Gasteiger partial charge on any atom is 0.191 e. The largest absolute Gasteiger partial charge is 0.359 e. The van der Waals surface area contributed by atoms with E-state index in [0.29, 0.717) is 16.5 Å². The van der Waals surface area contributed by atoms with E-state index in [4.69, 9.17) is 11.6 Å². The lowest BCUT2D eigenvalue weighted by atomic mass is 10.2. The molecule has 1 N–H and O–H groups in total. The summed E-state index contributed by atoms with van der Waals surface area (Å²) in [7, 11) is -1.25. The summed E-state index contributed by atoms with van der Waals surface area (Å²) in [6.07, 6.45) is 1.67. The van der Waals surface area contributed by atoms with E-state index >= 15 is 0 Å². The Bertz CT molecular complexity index is 566. The third-order valence-electron chi connectivity index (χ3n) is 2.46. The van der Waals surface area contributed by atoms with Crippen LogP contribution in [0.3, 0.4) is 0 Å². The number of benzene rings is 1. The molecule has 0 saturated heterocycles. The lowest BCUT2D eigenvalue weighted by Gasteiger charge is -2.03. The van der Waals surface area contributed by atoms with Crippen LogP contribution in [0.5, 0.6) is 0 Å². The monoisotopic (exact) mass is 281 g/mol. The number of halogens is 1. The summed E-state index contributed by atoms with van der Waals surface area (Å²) in [6, 6.07) is 10.6. The van der Waals surface area contributed by atoms with E-state index in [1.807, 2.05) is 18.2 Å². The van der Waals surface area contributed by atoms with Gasteiger partial charge < -0.3 is 4.98 Å². The molecule has 1 atom stereocenters. The highest BCUT2D eigenvalue weighted by atomic mass is 35.5. The average molecular weight is 282 g/mol. The molecule has 1 heterocycles. The maximum atomic E-state index is 11.9. The van der Waals surface area contributed by atoms with Gasteiger partial charge in [0.05, 0.1) is 17.2 Å². The molecule has 0 radical (unpaired) electrons. The molecule has 0 bridgehead atoms. The quantitative estimate of drug-likeness (QED) is 0.857. The van der Waals surface area contributed by atoms with E-state index in [2.05, 4.69) is 4.98 Å². The molecule has 0 unspecified atom stereocenters. The molecule has 0 aliphatic rings. The Morgan fingerprint density at radius 1 is 1.22 bits per heavy atom. The molecule has 94 valence electrons. The fraction of sp³-hybridized carbons (Fsp3) is 0.154. The van der Waals surface area contributed by atoms with Gasteiger partial charge in [-0.2, -0.15) is 0 Å². The van der Waals surface area contributed by atoms with E-state index in [-0.39, 0.29) is 11.5 Å². The summed E-state index contributed by atoms with van der Waals surface area (Å²) in [5.41, 5.74) is 1.29. The first-order valence-corrected chi connectivity index (χ1v) is 7.28. The molecule has 1 aromatic heterocycles. The molecular weight excluding hydrogens is 270 g/mol. The van der Waals surface area contributed by atoms with Crippen LogP contribution in [0.4, 0.5) is 0 Å². The van der Waals surface area contributed by atoms with Crippen LogP contribution < -0.4 is 0 Å². The summed E-state index contributed by atoms with van der Waals surface area (Å²) in [6.45, 7) is 0. The molecule has 0 spiro atoms. The first kappa shape index (κ1) is 13.1. The second-order valence-electron chi connectivity index (χ2n) is 3.83. The summed E-state index contributed by atoms with van der Waals surface area (Å²) in [5.74, 6) is 0.156. The summed E-state index contributed by atoms with van der Waals surface area (Å²) < 4.78 is 11.9. The lowest BCUT2D eigenvalue weighted by Crippen LogP contribution is -2.12. The van der Waals surface area contributed by atoms with Gasteiger partial charge in [-0.25, -0.2) is 0 Å². The Balaban J connectivity index is 1.98. The van der Waals surface area contributed by atoms with Crippen molar-refractivity contribution in [3.8, 4) is 0 Å². The number of hydrogen-bond acceptors (Lipinski definition) is 2. The van der Waals surface area contributed by atoms with Crippen LogP contribution >= 0.6 is 11.6 Å².